The summed E-state index contributed by atoms with van der Waals surface area (Å²) in [6.45, 7) is 7.37. The van der Waals surface area contributed by atoms with Gasteiger partial charge in [-0.2, -0.15) is 0 Å². The van der Waals surface area contributed by atoms with Gasteiger partial charge in [0.1, 0.15) is 15.5 Å². The molecule has 36 heavy (non-hydrogen) atoms. The number of carbonyl (C=O) groups excluding carboxylic acids is 3. The Labute approximate surface area is 213 Å². The van der Waals surface area contributed by atoms with Gasteiger partial charge in [-0.3, -0.25) is 14.5 Å². The average molecular weight is 508 g/mol. The van der Waals surface area contributed by atoms with E-state index in [1.807, 2.05) is 39.0 Å². The van der Waals surface area contributed by atoms with Gasteiger partial charge in [0.15, 0.2) is 0 Å². The molecule has 3 heterocycles. The molecule has 10 heteroatoms. The highest BCUT2D eigenvalue weighted by molar-refractivity contribution is 7.21. The first-order valence-electron chi connectivity index (χ1n) is 12.1. The van der Waals surface area contributed by atoms with E-state index in [1.165, 1.54) is 18.3 Å². The number of thiophene rings is 1. The quantitative estimate of drug-likeness (QED) is 0.441. The molecule has 2 unspecified atom stereocenters. The summed E-state index contributed by atoms with van der Waals surface area (Å²) in [4.78, 5) is 45.2. The smallest absolute Gasteiger partial charge is 0.331 e. The molecule has 4 amide bonds. The zero-order chi connectivity index (χ0) is 25.6. The fourth-order valence-electron chi connectivity index (χ4n) is 4.99. The zero-order valence-corrected chi connectivity index (χ0v) is 21.5. The summed E-state index contributed by atoms with van der Waals surface area (Å²) in [6, 6.07) is 7.13. The molecule has 1 aliphatic heterocycles. The predicted octanol–water partition coefficient (Wildman–Crippen LogP) is 4.86. The van der Waals surface area contributed by atoms with Crippen LogP contribution < -0.4 is 25.6 Å². The van der Waals surface area contributed by atoms with Crippen LogP contribution in [-0.4, -0.2) is 41.0 Å². The molecule has 3 aromatic rings. The van der Waals surface area contributed by atoms with Gasteiger partial charge in [-0.1, -0.05) is 0 Å². The number of aromatic nitrogens is 1. The largest absolute Gasteiger partial charge is 0.491 e. The molecule has 2 aliphatic rings. The standard InChI is InChI=1S/C26H29N5O4S/c1-13(2)35-18-7-8-19(14(3)11-18)31-20-9-10-27-25-21(20)22(30-26(31)34)23(36-25)24(33)29-17-6-5-16(12-17)28-15(4)32/h7-11,13,16-17H,5-6,12H2,1-4H3,(H,28,32)(H,29,33)(H,30,34). The van der Waals surface area contributed by atoms with Crippen molar-refractivity contribution in [3.8, 4) is 5.75 Å². The van der Waals surface area contributed by atoms with Crippen LogP contribution in [0.2, 0.25) is 0 Å². The summed E-state index contributed by atoms with van der Waals surface area (Å²) in [5.74, 6) is 0.433. The summed E-state index contributed by atoms with van der Waals surface area (Å²) < 4.78 is 5.80. The molecule has 2 aromatic heterocycles. The molecule has 1 aromatic carbocycles. The van der Waals surface area contributed by atoms with Gasteiger partial charge in [0.25, 0.3) is 5.91 Å². The highest BCUT2D eigenvalue weighted by atomic mass is 32.1. The Hall–Kier alpha value is -3.66. The monoisotopic (exact) mass is 507 g/mol. The third-order valence-corrected chi connectivity index (χ3v) is 7.50. The van der Waals surface area contributed by atoms with Gasteiger partial charge in [-0.15, -0.1) is 11.3 Å². The van der Waals surface area contributed by atoms with Crippen LogP contribution in [0.4, 0.5) is 21.9 Å². The minimum absolute atomic E-state index is 0.0378. The van der Waals surface area contributed by atoms with Crippen molar-refractivity contribution in [3.63, 3.8) is 0 Å². The maximum absolute atomic E-state index is 13.4. The second-order valence-corrected chi connectivity index (χ2v) is 10.6. The van der Waals surface area contributed by atoms with E-state index in [0.717, 1.165) is 35.2 Å². The van der Waals surface area contributed by atoms with Crippen LogP contribution in [0.15, 0.2) is 30.5 Å². The number of amides is 4. The van der Waals surface area contributed by atoms with Crippen molar-refractivity contribution in [3.05, 3.63) is 40.9 Å². The topological polar surface area (TPSA) is 113 Å². The molecule has 0 radical (unpaired) electrons. The number of hydrogen-bond acceptors (Lipinski definition) is 6. The number of aryl methyl sites for hydroxylation is 1. The minimum atomic E-state index is -0.338. The lowest BCUT2D eigenvalue weighted by Gasteiger charge is -2.29. The molecule has 1 aliphatic carbocycles. The van der Waals surface area contributed by atoms with Crippen LogP contribution in [-0.2, 0) is 4.79 Å². The van der Waals surface area contributed by atoms with Crippen molar-refractivity contribution in [2.45, 2.75) is 65.1 Å². The van der Waals surface area contributed by atoms with Crippen molar-refractivity contribution < 1.29 is 19.1 Å². The molecule has 5 rings (SSSR count). The number of nitrogens with zero attached hydrogens (tertiary/aromatic N) is 2. The molecule has 1 fully saturated rings. The zero-order valence-electron chi connectivity index (χ0n) is 20.7. The first-order chi connectivity index (χ1) is 17.2. The summed E-state index contributed by atoms with van der Waals surface area (Å²) in [6.07, 6.45) is 4.00. The molecule has 1 saturated carbocycles. The maximum Gasteiger partial charge on any atom is 0.331 e. The number of anilines is 3. The molecular formula is C26H29N5O4S. The number of nitrogens with one attached hydrogen (secondary N) is 3. The normalized spacial score (nSPS) is 18.9. The van der Waals surface area contributed by atoms with E-state index in [2.05, 4.69) is 20.9 Å². The maximum atomic E-state index is 13.4. The Morgan fingerprint density at radius 2 is 1.92 bits per heavy atom. The lowest BCUT2D eigenvalue weighted by molar-refractivity contribution is -0.119. The van der Waals surface area contributed by atoms with E-state index in [9.17, 15) is 14.4 Å². The minimum Gasteiger partial charge on any atom is -0.491 e. The van der Waals surface area contributed by atoms with E-state index >= 15 is 0 Å². The van der Waals surface area contributed by atoms with Crippen LogP contribution in [0.5, 0.6) is 5.75 Å². The van der Waals surface area contributed by atoms with E-state index in [1.54, 1.807) is 17.2 Å². The van der Waals surface area contributed by atoms with Crippen LogP contribution >= 0.6 is 11.3 Å². The number of ether oxygens (including phenoxy) is 1. The van der Waals surface area contributed by atoms with Gasteiger partial charge in [-0.25, -0.2) is 9.78 Å². The van der Waals surface area contributed by atoms with Crippen molar-refractivity contribution in [1.82, 2.24) is 15.6 Å². The second kappa shape index (κ2) is 9.42. The summed E-state index contributed by atoms with van der Waals surface area (Å²) in [5, 5.41) is 9.69. The molecular weight excluding hydrogens is 478 g/mol. The van der Waals surface area contributed by atoms with Gasteiger partial charge < -0.3 is 20.7 Å². The number of benzene rings is 1. The van der Waals surface area contributed by atoms with Crippen molar-refractivity contribution in [2.75, 3.05) is 10.2 Å². The highest BCUT2D eigenvalue weighted by Crippen LogP contribution is 2.46. The van der Waals surface area contributed by atoms with E-state index < -0.39 is 0 Å². The van der Waals surface area contributed by atoms with Crippen molar-refractivity contribution >= 4 is 56.5 Å². The lowest BCUT2D eigenvalue weighted by Crippen LogP contribution is -2.37. The fourth-order valence-corrected chi connectivity index (χ4v) is 6.01. The number of carbonyl (C=O) groups is 3. The SMILES string of the molecule is CC(=O)NC1CCC(NC(=O)c2sc3nccc4c3c2NC(=O)N4c2ccc(OC(C)C)cc2C)C1. The van der Waals surface area contributed by atoms with Gasteiger partial charge in [-0.05, 0) is 69.9 Å². The fraction of sp³-hybridized carbons (Fsp3) is 0.385. The first-order valence-corrected chi connectivity index (χ1v) is 12.9. The average Bonchev–Trinajstić information content (AvgIpc) is 3.39. The predicted molar refractivity (Wildman–Crippen MR) is 140 cm³/mol. The van der Waals surface area contributed by atoms with Gasteiger partial charge in [0.2, 0.25) is 5.91 Å². The van der Waals surface area contributed by atoms with Gasteiger partial charge in [0.05, 0.1) is 28.6 Å². The number of urea groups is 1. The summed E-state index contributed by atoms with van der Waals surface area (Å²) in [7, 11) is 0. The number of hydrogen-bond donors (Lipinski definition) is 3. The van der Waals surface area contributed by atoms with Gasteiger partial charge in [0, 0.05) is 25.2 Å². The molecule has 0 spiro atoms. The van der Waals surface area contributed by atoms with E-state index in [-0.39, 0.29) is 36.0 Å². The summed E-state index contributed by atoms with van der Waals surface area (Å²) in [5.41, 5.74) is 2.79. The lowest BCUT2D eigenvalue weighted by atomic mass is 10.1. The Bertz CT molecular complexity index is 1370. The Morgan fingerprint density at radius 3 is 2.61 bits per heavy atom. The Kier molecular flexibility index (Phi) is 6.29. The number of pyridine rings is 1. The Morgan fingerprint density at radius 1 is 1.17 bits per heavy atom. The third kappa shape index (κ3) is 4.48. The van der Waals surface area contributed by atoms with Crippen LogP contribution in [0, 0.1) is 6.92 Å². The first kappa shape index (κ1) is 24.1. The number of rotatable bonds is 6. The van der Waals surface area contributed by atoms with Gasteiger partial charge >= 0.3 is 6.03 Å². The molecule has 3 N–H and O–H groups in total. The molecule has 9 nitrogen and oxygen atoms in total. The second-order valence-electron chi connectivity index (χ2n) is 9.58. The van der Waals surface area contributed by atoms with Crippen molar-refractivity contribution in [2.24, 2.45) is 0 Å². The molecule has 0 saturated heterocycles. The third-order valence-electron chi connectivity index (χ3n) is 6.41. The van der Waals surface area contributed by atoms with Crippen LogP contribution in [0.1, 0.15) is 55.3 Å². The Balaban J connectivity index is 1.45. The summed E-state index contributed by atoms with van der Waals surface area (Å²) >= 11 is 1.26. The van der Waals surface area contributed by atoms with Crippen molar-refractivity contribution in [1.29, 1.82) is 0 Å². The molecule has 0 bridgehead atoms. The van der Waals surface area contributed by atoms with Crippen LogP contribution in [0.3, 0.4) is 0 Å². The van der Waals surface area contributed by atoms with E-state index in [0.29, 0.717) is 27.5 Å². The molecule has 188 valence electrons. The molecule has 2 atom stereocenters. The van der Waals surface area contributed by atoms with E-state index in [4.69, 9.17) is 4.74 Å². The van der Waals surface area contributed by atoms with Crippen LogP contribution in [0.25, 0.3) is 10.2 Å². The highest BCUT2D eigenvalue weighted by Gasteiger charge is 2.34.